The Balaban J connectivity index is 1.56. The number of carbonyl (C=O) groups excluding carboxylic acids is 2. The predicted molar refractivity (Wildman–Crippen MR) is 139 cm³/mol. The first-order chi connectivity index (χ1) is 17.5. The van der Waals surface area contributed by atoms with Crippen LogP contribution in [0.15, 0.2) is 75.1 Å². The van der Waals surface area contributed by atoms with Gasteiger partial charge in [0.25, 0.3) is 0 Å². The van der Waals surface area contributed by atoms with E-state index in [0.717, 1.165) is 37.0 Å². The minimum atomic E-state index is -0.681. The second kappa shape index (κ2) is 9.85. The molecular weight excluding hydrogens is 456 g/mol. The highest BCUT2D eigenvalue weighted by Gasteiger charge is 2.34. The number of hydrogen-bond acceptors (Lipinski definition) is 7. The molecule has 1 fully saturated rings. The summed E-state index contributed by atoms with van der Waals surface area (Å²) in [5.41, 5.74) is 2.18. The maximum Gasteiger partial charge on any atom is 0.349 e. The Hall–Kier alpha value is -4.13. The third-order valence-electron chi connectivity index (χ3n) is 6.76. The number of rotatable bonds is 6. The van der Waals surface area contributed by atoms with Crippen molar-refractivity contribution in [1.82, 2.24) is 4.90 Å². The molecule has 2 aliphatic rings. The zero-order valence-electron chi connectivity index (χ0n) is 20.5. The molecule has 2 aromatic carbocycles. The van der Waals surface area contributed by atoms with E-state index in [1.54, 1.807) is 42.5 Å². The Labute approximate surface area is 209 Å². The minimum Gasteiger partial charge on any atom is -0.422 e. The van der Waals surface area contributed by atoms with Gasteiger partial charge in [0.2, 0.25) is 5.78 Å². The second-order valence-electron chi connectivity index (χ2n) is 8.89. The molecule has 0 atom stereocenters. The first kappa shape index (κ1) is 23.6. The monoisotopic (exact) mass is 484 g/mol. The number of ether oxygens (including phenoxy) is 1. The van der Waals surface area contributed by atoms with Gasteiger partial charge >= 0.3 is 11.6 Å². The maximum atomic E-state index is 13.3. The van der Waals surface area contributed by atoms with Gasteiger partial charge in [-0.15, -0.1) is 0 Å². The molecule has 0 saturated carbocycles. The zero-order chi connectivity index (χ0) is 25.2. The van der Waals surface area contributed by atoms with Crippen molar-refractivity contribution >= 4 is 34.5 Å². The van der Waals surface area contributed by atoms with Gasteiger partial charge in [0, 0.05) is 43.3 Å². The van der Waals surface area contributed by atoms with E-state index in [4.69, 9.17) is 9.15 Å². The van der Waals surface area contributed by atoms with Crippen molar-refractivity contribution < 1.29 is 18.7 Å². The lowest BCUT2D eigenvalue weighted by molar-refractivity contribution is -0.130. The first-order valence-corrected chi connectivity index (χ1v) is 12.4. The number of Topliss-reactive ketones (excluding diaryl/α,β-unsaturated/α-hetero) is 1. The summed E-state index contributed by atoms with van der Waals surface area (Å²) in [7, 11) is 0. The van der Waals surface area contributed by atoms with Gasteiger partial charge < -0.3 is 19.0 Å². The topological polar surface area (TPSA) is 80.1 Å². The quantitative estimate of drug-likeness (QED) is 0.163. The summed E-state index contributed by atoms with van der Waals surface area (Å²) in [6.07, 6.45) is 5.19. The molecule has 0 unspecified atom stereocenters. The predicted octanol–water partition coefficient (Wildman–Crippen LogP) is 4.80. The van der Waals surface area contributed by atoms with Crippen molar-refractivity contribution in [2.45, 2.75) is 26.7 Å². The summed E-state index contributed by atoms with van der Waals surface area (Å²) in [4.78, 5) is 43.2. The van der Waals surface area contributed by atoms with Crippen LogP contribution in [-0.2, 0) is 4.79 Å². The van der Waals surface area contributed by atoms with Crippen LogP contribution in [0, 0.1) is 0 Å². The summed E-state index contributed by atoms with van der Waals surface area (Å²) in [5, 5.41) is 0.794. The summed E-state index contributed by atoms with van der Waals surface area (Å²) < 4.78 is 11.1. The van der Waals surface area contributed by atoms with Crippen molar-refractivity contribution in [3.05, 3.63) is 87.4 Å². The molecule has 0 radical (unpaired) electrons. The molecule has 1 saturated heterocycles. The molecule has 2 aliphatic heterocycles. The zero-order valence-corrected chi connectivity index (χ0v) is 20.5. The molecule has 0 N–H and O–H groups in total. The highest BCUT2D eigenvalue weighted by atomic mass is 16.5. The van der Waals surface area contributed by atoms with Gasteiger partial charge in [-0.3, -0.25) is 4.79 Å². The van der Waals surface area contributed by atoms with Crippen LogP contribution in [-0.4, -0.2) is 42.8 Å². The van der Waals surface area contributed by atoms with E-state index >= 15 is 0 Å². The number of benzene rings is 2. The number of anilines is 1. The van der Waals surface area contributed by atoms with E-state index in [2.05, 4.69) is 18.7 Å². The number of hydrogen-bond donors (Lipinski definition) is 0. The number of allylic oxidation sites excluding steroid dienone is 1. The molecule has 5 rings (SSSR count). The fraction of sp³-hybridized carbons (Fsp3) is 0.276. The van der Waals surface area contributed by atoms with Gasteiger partial charge in [-0.2, -0.15) is 0 Å². The Morgan fingerprint density at radius 2 is 1.75 bits per heavy atom. The summed E-state index contributed by atoms with van der Waals surface area (Å²) >= 11 is 0. The molecule has 7 heteroatoms. The van der Waals surface area contributed by atoms with Crippen molar-refractivity contribution in [1.29, 1.82) is 0 Å². The van der Waals surface area contributed by atoms with Crippen LogP contribution in [0.25, 0.3) is 17.0 Å². The van der Waals surface area contributed by atoms with Crippen molar-refractivity contribution in [2.75, 3.05) is 31.1 Å². The van der Waals surface area contributed by atoms with E-state index in [0.29, 0.717) is 35.5 Å². The fourth-order valence-electron chi connectivity index (χ4n) is 4.83. The average molecular weight is 485 g/mol. The smallest absolute Gasteiger partial charge is 0.349 e. The maximum absolute atomic E-state index is 13.3. The third kappa shape index (κ3) is 4.33. The molecule has 184 valence electrons. The molecular formula is C29H28N2O5. The molecule has 0 aliphatic carbocycles. The van der Waals surface area contributed by atoms with E-state index < -0.39 is 11.6 Å². The number of nitrogens with zero attached hydrogens (tertiary/aromatic N) is 2. The molecule has 3 aromatic rings. The van der Waals surface area contributed by atoms with E-state index in [-0.39, 0.29) is 17.1 Å². The number of carbonyl (C=O) groups is 2. The van der Waals surface area contributed by atoms with Gasteiger partial charge in [-0.1, -0.05) is 12.1 Å². The van der Waals surface area contributed by atoms with Crippen molar-refractivity contribution in [3.8, 4) is 5.75 Å². The molecule has 36 heavy (non-hydrogen) atoms. The number of fused-ring (bicyclic) bond motifs is 2. The van der Waals surface area contributed by atoms with Gasteiger partial charge in [-0.25, -0.2) is 9.59 Å². The molecule has 3 heterocycles. The van der Waals surface area contributed by atoms with E-state index in [9.17, 15) is 14.4 Å². The van der Waals surface area contributed by atoms with E-state index in [1.165, 1.54) is 0 Å². The minimum absolute atomic E-state index is 0.0131. The lowest BCUT2D eigenvalue weighted by Crippen LogP contribution is -2.31. The Morgan fingerprint density at radius 3 is 2.50 bits per heavy atom. The van der Waals surface area contributed by atoms with Crippen LogP contribution < -0.4 is 15.3 Å². The van der Waals surface area contributed by atoms with Crippen LogP contribution in [0.4, 0.5) is 5.69 Å². The normalized spacial score (nSPS) is 17.0. The van der Waals surface area contributed by atoms with Crippen molar-refractivity contribution in [2.24, 2.45) is 0 Å². The summed E-state index contributed by atoms with van der Waals surface area (Å²) in [6.45, 7) is 7.29. The number of ketones is 1. The number of likely N-dealkylation sites (tertiary alicyclic amines) is 1. The number of esters is 1. The summed E-state index contributed by atoms with van der Waals surface area (Å²) in [5.74, 6) is -0.789. The Kier molecular flexibility index (Phi) is 6.46. The Morgan fingerprint density at radius 1 is 1.00 bits per heavy atom. The van der Waals surface area contributed by atoms with Crippen LogP contribution in [0.3, 0.4) is 0 Å². The first-order valence-electron chi connectivity index (χ1n) is 12.4. The third-order valence-corrected chi connectivity index (χ3v) is 6.76. The van der Waals surface area contributed by atoms with Gasteiger partial charge in [0.1, 0.15) is 16.9 Å². The molecule has 0 spiro atoms. The van der Waals surface area contributed by atoms with E-state index in [1.807, 2.05) is 23.1 Å². The SMILES string of the molecule is CCN(CC)c1ccc2cc(/C=C/C(=C3/C(=O)Oc4ccccc4C3=O)N3CCCC3)c(=O)oc2c1. The van der Waals surface area contributed by atoms with Gasteiger partial charge in [0.05, 0.1) is 16.8 Å². The van der Waals surface area contributed by atoms with Crippen LogP contribution in [0.1, 0.15) is 42.6 Å². The standard InChI is InChI=1S/C29H28N2O5/c1-3-30(4-2)21-13-11-19-17-20(28(33)36-25(19)18-21)12-14-23(31-15-7-8-16-31)26-27(32)22-9-5-6-10-24(22)35-29(26)34/h5-6,9-14,17-18H,3-4,7-8,15-16H2,1-2H3/b14-12+,26-23-. The summed E-state index contributed by atoms with van der Waals surface area (Å²) in [6, 6.07) is 14.3. The van der Waals surface area contributed by atoms with Crippen LogP contribution in [0.5, 0.6) is 5.75 Å². The highest BCUT2D eigenvalue weighted by Crippen LogP contribution is 2.31. The molecule has 1 aromatic heterocycles. The molecule has 0 bridgehead atoms. The lowest BCUT2D eigenvalue weighted by atomic mass is 9.97. The fourth-order valence-corrected chi connectivity index (χ4v) is 4.83. The highest BCUT2D eigenvalue weighted by molar-refractivity contribution is 6.28. The second-order valence-corrected chi connectivity index (χ2v) is 8.89. The molecule has 7 nitrogen and oxygen atoms in total. The van der Waals surface area contributed by atoms with Gasteiger partial charge in [-0.05, 0) is 69.2 Å². The average Bonchev–Trinajstić information content (AvgIpc) is 3.41. The van der Waals surface area contributed by atoms with Crippen molar-refractivity contribution in [3.63, 3.8) is 0 Å². The van der Waals surface area contributed by atoms with Gasteiger partial charge in [0.15, 0.2) is 0 Å². The Bertz CT molecular complexity index is 1460. The lowest BCUT2D eigenvalue weighted by Gasteiger charge is -2.24. The van der Waals surface area contributed by atoms with Crippen LogP contribution >= 0.6 is 0 Å². The molecule has 0 amide bonds. The van der Waals surface area contributed by atoms with Crippen LogP contribution in [0.2, 0.25) is 0 Å². The number of para-hydroxylation sites is 1. The largest absolute Gasteiger partial charge is 0.422 e.